The first-order valence-electron chi connectivity index (χ1n) is 8.21. The lowest BCUT2D eigenvalue weighted by molar-refractivity contribution is -0.384. The van der Waals surface area contributed by atoms with Crippen LogP contribution in [0.2, 0.25) is 0 Å². The van der Waals surface area contributed by atoms with Crippen molar-refractivity contribution in [2.75, 3.05) is 4.90 Å². The number of anilines is 1. The van der Waals surface area contributed by atoms with Crippen LogP contribution in [0.15, 0.2) is 35.4 Å². The van der Waals surface area contributed by atoms with E-state index >= 15 is 0 Å². The summed E-state index contributed by atoms with van der Waals surface area (Å²) in [5, 5.41) is 11.0. The minimum Gasteiger partial charge on any atom is -0.274 e. The van der Waals surface area contributed by atoms with E-state index in [0.29, 0.717) is 5.69 Å². The van der Waals surface area contributed by atoms with E-state index in [1.54, 1.807) is 6.07 Å². The molecular formula is C18H18N2O4. The Kier molecular flexibility index (Phi) is 3.13. The Morgan fingerprint density at radius 1 is 1.12 bits per heavy atom. The minimum atomic E-state index is -0.514. The number of amides is 2. The number of hydrogen-bond acceptors (Lipinski definition) is 4. The molecule has 1 heterocycles. The van der Waals surface area contributed by atoms with Crippen molar-refractivity contribution in [3.8, 4) is 0 Å². The van der Waals surface area contributed by atoms with Crippen molar-refractivity contribution >= 4 is 23.2 Å². The molecule has 1 aromatic carbocycles. The lowest BCUT2D eigenvalue weighted by Gasteiger charge is -2.19. The summed E-state index contributed by atoms with van der Waals surface area (Å²) in [6.07, 6.45) is 1.91. The highest BCUT2D eigenvalue weighted by Crippen LogP contribution is 2.60. The molecule has 1 saturated heterocycles. The van der Waals surface area contributed by atoms with Gasteiger partial charge >= 0.3 is 0 Å². The summed E-state index contributed by atoms with van der Waals surface area (Å²) in [6.45, 7) is 4.10. The number of nitro groups is 1. The molecule has 2 saturated carbocycles. The third-order valence-corrected chi connectivity index (χ3v) is 5.73. The molecule has 3 fully saturated rings. The van der Waals surface area contributed by atoms with Crippen molar-refractivity contribution in [3.05, 3.63) is 45.5 Å². The topological polar surface area (TPSA) is 80.5 Å². The van der Waals surface area contributed by atoms with Gasteiger partial charge in [0, 0.05) is 12.1 Å². The zero-order chi connectivity index (χ0) is 17.2. The number of hydrogen-bond donors (Lipinski definition) is 0. The van der Waals surface area contributed by atoms with Crippen molar-refractivity contribution in [2.45, 2.75) is 26.7 Å². The van der Waals surface area contributed by atoms with E-state index < -0.39 is 4.92 Å². The van der Waals surface area contributed by atoms with Gasteiger partial charge in [-0.05, 0) is 44.6 Å². The van der Waals surface area contributed by atoms with Crippen LogP contribution in [0.1, 0.15) is 26.7 Å². The van der Waals surface area contributed by atoms with Gasteiger partial charge in [-0.25, -0.2) is 4.90 Å². The zero-order valence-corrected chi connectivity index (χ0v) is 13.6. The molecule has 3 aliphatic rings. The molecule has 2 bridgehead atoms. The molecule has 6 heteroatoms. The number of nitro benzene ring substituents is 1. The van der Waals surface area contributed by atoms with E-state index in [4.69, 9.17) is 0 Å². The van der Waals surface area contributed by atoms with E-state index in [1.165, 1.54) is 34.2 Å². The molecule has 4 rings (SSSR count). The molecule has 1 aliphatic heterocycles. The molecule has 24 heavy (non-hydrogen) atoms. The molecule has 4 atom stereocenters. The van der Waals surface area contributed by atoms with Crippen molar-refractivity contribution in [3.63, 3.8) is 0 Å². The average Bonchev–Trinajstić information content (AvgIpc) is 3.17. The van der Waals surface area contributed by atoms with Crippen molar-refractivity contribution in [1.82, 2.24) is 0 Å². The zero-order valence-electron chi connectivity index (χ0n) is 13.6. The largest absolute Gasteiger partial charge is 0.274 e. The number of rotatable bonds is 2. The monoisotopic (exact) mass is 326 g/mol. The van der Waals surface area contributed by atoms with Crippen LogP contribution in [0.3, 0.4) is 0 Å². The predicted molar refractivity (Wildman–Crippen MR) is 87.2 cm³/mol. The highest BCUT2D eigenvalue weighted by molar-refractivity contribution is 6.23. The number of benzene rings is 1. The Bertz CT molecular complexity index is 777. The van der Waals surface area contributed by atoms with Crippen LogP contribution in [-0.2, 0) is 9.59 Å². The summed E-state index contributed by atoms with van der Waals surface area (Å²) in [6, 6.07) is 5.77. The normalized spacial score (nSPS) is 30.9. The van der Waals surface area contributed by atoms with E-state index in [0.717, 1.165) is 12.8 Å². The lowest BCUT2D eigenvalue weighted by Crippen LogP contribution is -2.33. The van der Waals surface area contributed by atoms with Gasteiger partial charge in [-0.2, -0.15) is 0 Å². The van der Waals surface area contributed by atoms with Crippen LogP contribution in [0.25, 0.3) is 0 Å². The third kappa shape index (κ3) is 1.82. The van der Waals surface area contributed by atoms with E-state index in [-0.39, 0.29) is 41.2 Å². The number of allylic oxidation sites excluding steroid dienone is 2. The molecule has 6 nitrogen and oxygen atoms in total. The highest BCUT2D eigenvalue weighted by atomic mass is 16.6. The SMILES string of the molecule is CC(C)=C1[C@H]2CC[C@@H]1[C@H]1C(=O)N(c3cccc([N+](=O)[O-])c3)C(=O)[C@@H]12. The maximum absolute atomic E-state index is 12.9. The van der Waals surface area contributed by atoms with Gasteiger partial charge in [0.05, 0.1) is 22.4 Å². The molecule has 0 unspecified atom stereocenters. The summed E-state index contributed by atoms with van der Waals surface area (Å²) in [5.41, 5.74) is 2.72. The second kappa shape index (κ2) is 5.00. The predicted octanol–water partition coefficient (Wildman–Crippen LogP) is 3.08. The number of non-ortho nitro benzene ring substituents is 1. The van der Waals surface area contributed by atoms with Gasteiger partial charge in [-0.1, -0.05) is 17.2 Å². The Hall–Kier alpha value is -2.50. The molecule has 124 valence electrons. The first-order valence-corrected chi connectivity index (χ1v) is 8.21. The quantitative estimate of drug-likeness (QED) is 0.362. The fourth-order valence-electron chi connectivity index (χ4n) is 4.99. The van der Waals surface area contributed by atoms with Gasteiger partial charge < -0.3 is 0 Å². The second-order valence-corrected chi connectivity index (χ2v) is 7.09. The van der Waals surface area contributed by atoms with Crippen molar-refractivity contribution in [1.29, 1.82) is 0 Å². The van der Waals surface area contributed by atoms with Gasteiger partial charge in [0.2, 0.25) is 11.8 Å². The van der Waals surface area contributed by atoms with Gasteiger partial charge in [0.25, 0.3) is 5.69 Å². The summed E-state index contributed by atoms with van der Waals surface area (Å²) in [7, 11) is 0. The summed E-state index contributed by atoms with van der Waals surface area (Å²) >= 11 is 0. The van der Waals surface area contributed by atoms with Crippen LogP contribution in [0, 0.1) is 33.8 Å². The molecule has 2 amide bonds. The first-order chi connectivity index (χ1) is 11.4. The Labute approximate surface area is 139 Å². The summed E-state index contributed by atoms with van der Waals surface area (Å²) < 4.78 is 0. The number of carbonyl (C=O) groups is 2. The number of carbonyl (C=O) groups excluding carboxylic acids is 2. The standard InChI is InChI=1S/C18H18N2O4/c1-9(2)14-12-6-7-13(14)16-15(12)17(21)19(18(16)22)10-4-3-5-11(8-10)20(23)24/h3-5,8,12-13,15-16H,6-7H2,1-2H3/t12-,13+,15-,16-/m1/s1. The maximum atomic E-state index is 12.9. The van der Waals surface area contributed by atoms with Crippen LogP contribution in [0.5, 0.6) is 0 Å². The average molecular weight is 326 g/mol. The number of nitrogens with zero attached hydrogens (tertiary/aromatic N) is 2. The molecule has 2 aliphatic carbocycles. The second-order valence-electron chi connectivity index (χ2n) is 7.09. The smallest absolute Gasteiger partial charge is 0.271 e. The number of fused-ring (bicyclic) bond motifs is 5. The van der Waals surface area contributed by atoms with Crippen LogP contribution in [0.4, 0.5) is 11.4 Å². The van der Waals surface area contributed by atoms with E-state index in [1.807, 2.05) is 0 Å². The van der Waals surface area contributed by atoms with Crippen molar-refractivity contribution in [2.24, 2.45) is 23.7 Å². The lowest BCUT2D eigenvalue weighted by atomic mass is 9.81. The van der Waals surface area contributed by atoms with E-state index in [9.17, 15) is 19.7 Å². The van der Waals surface area contributed by atoms with Crippen molar-refractivity contribution < 1.29 is 14.5 Å². The molecule has 0 aromatic heterocycles. The van der Waals surface area contributed by atoms with Crippen LogP contribution in [-0.4, -0.2) is 16.7 Å². The third-order valence-electron chi connectivity index (χ3n) is 5.73. The fourth-order valence-corrected chi connectivity index (χ4v) is 4.99. The van der Waals surface area contributed by atoms with E-state index in [2.05, 4.69) is 13.8 Å². The number of imide groups is 1. The Balaban J connectivity index is 1.75. The van der Waals surface area contributed by atoms with Gasteiger partial charge in [-0.3, -0.25) is 19.7 Å². The molecule has 0 spiro atoms. The summed E-state index contributed by atoms with van der Waals surface area (Å²) in [5.74, 6) is -0.663. The molecule has 0 radical (unpaired) electrons. The Morgan fingerprint density at radius 2 is 1.71 bits per heavy atom. The van der Waals surface area contributed by atoms with Gasteiger partial charge in [0.15, 0.2) is 0 Å². The Morgan fingerprint density at radius 3 is 2.21 bits per heavy atom. The molecular weight excluding hydrogens is 308 g/mol. The fraction of sp³-hybridized carbons (Fsp3) is 0.444. The molecule has 0 N–H and O–H groups in total. The molecule has 1 aromatic rings. The highest BCUT2D eigenvalue weighted by Gasteiger charge is 2.63. The van der Waals surface area contributed by atoms with Gasteiger partial charge in [0.1, 0.15) is 0 Å². The van der Waals surface area contributed by atoms with Crippen LogP contribution < -0.4 is 4.90 Å². The van der Waals surface area contributed by atoms with Gasteiger partial charge in [-0.15, -0.1) is 0 Å². The van der Waals surface area contributed by atoms with Crippen LogP contribution >= 0.6 is 0 Å². The minimum absolute atomic E-state index is 0.113. The maximum Gasteiger partial charge on any atom is 0.271 e. The first kappa shape index (κ1) is 15.1. The summed E-state index contributed by atoms with van der Waals surface area (Å²) in [4.78, 5) is 37.5.